The predicted octanol–water partition coefficient (Wildman–Crippen LogP) is 2.40. The largest absolute Gasteiger partial charge is 0.321 e. The number of rotatable bonds is 4. The Hall–Kier alpha value is -0.530. The molecule has 0 amide bonds. The third-order valence-electron chi connectivity index (χ3n) is 3.73. The van der Waals surface area contributed by atoms with Crippen LogP contribution >= 0.6 is 11.8 Å². The highest BCUT2D eigenvalue weighted by Gasteiger charge is 2.26. The van der Waals surface area contributed by atoms with Crippen molar-refractivity contribution in [1.29, 1.82) is 0 Å². The van der Waals surface area contributed by atoms with E-state index in [1.807, 2.05) is 12.4 Å². The maximum atomic E-state index is 11.7. The number of thioether (sulfide) groups is 1. The standard InChI is InChI=1S/C14H25N3O2S2/c1-14(2,3)17-9-7-15-13(17)20-11-12-6-5-8-16(10-12)21(4,18)19/h7,9,12H,5-6,8,10-11H2,1-4H3. The fraction of sp³-hybridized carbons (Fsp3) is 0.786. The van der Waals surface area contributed by atoms with Crippen LogP contribution in [0.2, 0.25) is 0 Å². The van der Waals surface area contributed by atoms with E-state index in [4.69, 9.17) is 0 Å². The second-order valence-corrected chi connectivity index (χ2v) is 9.66. The van der Waals surface area contributed by atoms with Gasteiger partial charge in [0.15, 0.2) is 5.16 Å². The summed E-state index contributed by atoms with van der Waals surface area (Å²) in [6, 6.07) is 0. The summed E-state index contributed by atoms with van der Waals surface area (Å²) in [5.74, 6) is 1.32. The van der Waals surface area contributed by atoms with Gasteiger partial charge < -0.3 is 4.57 Å². The third-order valence-corrected chi connectivity index (χ3v) is 6.20. The van der Waals surface area contributed by atoms with E-state index in [-0.39, 0.29) is 5.54 Å². The molecule has 7 heteroatoms. The zero-order valence-corrected chi connectivity index (χ0v) is 14.9. The molecule has 0 spiro atoms. The van der Waals surface area contributed by atoms with Crippen molar-refractivity contribution in [3.63, 3.8) is 0 Å². The summed E-state index contributed by atoms with van der Waals surface area (Å²) in [5.41, 5.74) is 0.0180. The van der Waals surface area contributed by atoms with Crippen molar-refractivity contribution >= 4 is 21.8 Å². The first-order valence-corrected chi connectivity index (χ1v) is 10.1. The lowest BCUT2D eigenvalue weighted by Gasteiger charge is -2.31. The molecule has 0 aromatic carbocycles. The molecule has 0 bridgehead atoms. The number of sulfonamides is 1. The minimum atomic E-state index is -3.06. The maximum absolute atomic E-state index is 11.7. The van der Waals surface area contributed by atoms with Gasteiger partial charge in [0.1, 0.15) is 0 Å². The van der Waals surface area contributed by atoms with Crippen LogP contribution in [0.4, 0.5) is 0 Å². The molecule has 1 unspecified atom stereocenters. The van der Waals surface area contributed by atoms with Crippen molar-refractivity contribution < 1.29 is 8.42 Å². The Labute approximate surface area is 132 Å². The zero-order chi connectivity index (χ0) is 15.7. The Balaban J connectivity index is 1.96. The van der Waals surface area contributed by atoms with Crippen LogP contribution in [-0.4, -0.2) is 47.4 Å². The van der Waals surface area contributed by atoms with Crippen LogP contribution in [0.1, 0.15) is 33.6 Å². The summed E-state index contributed by atoms with van der Waals surface area (Å²) < 4.78 is 27.1. The highest BCUT2D eigenvalue weighted by atomic mass is 32.2. The van der Waals surface area contributed by atoms with Gasteiger partial charge >= 0.3 is 0 Å². The highest BCUT2D eigenvalue weighted by molar-refractivity contribution is 7.99. The number of aromatic nitrogens is 2. The van der Waals surface area contributed by atoms with Gasteiger partial charge in [-0.05, 0) is 39.5 Å². The van der Waals surface area contributed by atoms with Crippen molar-refractivity contribution in [2.24, 2.45) is 5.92 Å². The van der Waals surface area contributed by atoms with Gasteiger partial charge in [-0.3, -0.25) is 0 Å². The molecule has 1 aliphatic heterocycles. The summed E-state index contributed by atoms with van der Waals surface area (Å²) in [7, 11) is -3.06. The molecule has 21 heavy (non-hydrogen) atoms. The number of piperidine rings is 1. The van der Waals surface area contributed by atoms with Crippen molar-refractivity contribution in [1.82, 2.24) is 13.9 Å². The number of hydrogen-bond acceptors (Lipinski definition) is 4. The molecule has 0 aliphatic carbocycles. The molecule has 1 aliphatic rings. The van der Waals surface area contributed by atoms with E-state index in [0.717, 1.165) is 23.8 Å². The summed E-state index contributed by atoms with van der Waals surface area (Å²) in [4.78, 5) is 4.43. The van der Waals surface area contributed by atoms with E-state index >= 15 is 0 Å². The van der Waals surface area contributed by atoms with Crippen LogP contribution in [0.5, 0.6) is 0 Å². The topological polar surface area (TPSA) is 55.2 Å². The Kier molecular flexibility index (Phi) is 5.05. The molecule has 1 saturated heterocycles. The third kappa shape index (κ3) is 4.47. The lowest BCUT2D eigenvalue weighted by molar-refractivity contribution is 0.286. The highest BCUT2D eigenvalue weighted by Crippen LogP contribution is 2.28. The molecule has 0 radical (unpaired) electrons. The van der Waals surface area contributed by atoms with E-state index in [2.05, 4.69) is 30.3 Å². The zero-order valence-electron chi connectivity index (χ0n) is 13.2. The van der Waals surface area contributed by atoms with Gasteiger partial charge in [0.25, 0.3) is 0 Å². The molecule has 120 valence electrons. The van der Waals surface area contributed by atoms with E-state index in [1.165, 1.54) is 6.26 Å². The average Bonchev–Trinajstić information content (AvgIpc) is 2.84. The van der Waals surface area contributed by atoms with Gasteiger partial charge in [0.05, 0.1) is 6.26 Å². The van der Waals surface area contributed by atoms with Crippen LogP contribution in [0.3, 0.4) is 0 Å². The van der Waals surface area contributed by atoms with Gasteiger partial charge in [0, 0.05) is 36.8 Å². The van der Waals surface area contributed by atoms with Crippen LogP contribution < -0.4 is 0 Å². The van der Waals surface area contributed by atoms with E-state index < -0.39 is 10.0 Å². The molecular weight excluding hydrogens is 306 g/mol. The number of imidazole rings is 1. The molecular formula is C14H25N3O2S2. The van der Waals surface area contributed by atoms with Crippen molar-refractivity contribution in [2.75, 3.05) is 25.1 Å². The van der Waals surface area contributed by atoms with Crippen LogP contribution in [0.25, 0.3) is 0 Å². The molecule has 0 saturated carbocycles. The normalized spacial score (nSPS) is 21.6. The van der Waals surface area contributed by atoms with Gasteiger partial charge in [-0.25, -0.2) is 17.7 Å². The quantitative estimate of drug-likeness (QED) is 0.795. The van der Waals surface area contributed by atoms with Crippen molar-refractivity contribution in [3.05, 3.63) is 12.4 Å². The summed E-state index contributed by atoms with van der Waals surface area (Å²) in [6.07, 6.45) is 7.18. The second kappa shape index (κ2) is 6.30. The monoisotopic (exact) mass is 331 g/mol. The minimum absolute atomic E-state index is 0.0180. The second-order valence-electron chi connectivity index (χ2n) is 6.69. The van der Waals surface area contributed by atoms with Crippen molar-refractivity contribution in [2.45, 2.75) is 44.3 Å². The molecule has 5 nitrogen and oxygen atoms in total. The molecule has 1 aromatic heterocycles. The average molecular weight is 332 g/mol. The smallest absolute Gasteiger partial charge is 0.211 e. The van der Waals surface area contributed by atoms with E-state index in [0.29, 0.717) is 19.0 Å². The van der Waals surface area contributed by atoms with Gasteiger partial charge in [-0.2, -0.15) is 0 Å². The maximum Gasteiger partial charge on any atom is 0.211 e. The van der Waals surface area contributed by atoms with E-state index in [9.17, 15) is 8.42 Å². The van der Waals surface area contributed by atoms with Gasteiger partial charge in [-0.15, -0.1) is 0 Å². The van der Waals surface area contributed by atoms with E-state index in [1.54, 1.807) is 16.1 Å². The SMILES string of the molecule is CC(C)(C)n1ccnc1SCC1CCCN(S(C)(=O)=O)C1. The molecule has 1 fully saturated rings. The van der Waals surface area contributed by atoms with Crippen LogP contribution in [-0.2, 0) is 15.6 Å². The summed E-state index contributed by atoms with van der Waals surface area (Å²) >= 11 is 1.73. The summed E-state index contributed by atoms with van der Waals surface area (Å²) in [6.45, 7) is 7.78. The number of nitrogens with zero attached hydrogens (tertiary/aromatic N) is 3. The fourth-order valence-corrected chi connectivity index (χ4v) is 4.77. The lowest BCUT2D eigenvalue weighted by Crippen LogP contribution is -2.40. The predicted molar refractivity (Wildman–Crippen MR) is 87.1 cm³/mol. The Morgan fingerprint density at radius 2 is 2.14 bits per heavy atom. The molecule has 2 heterocycles. The Morgan fingerprint density at radius 1 is 1.43 bits per heavy atom. The summed E-state index contributed by atoms with van der Waals surface area (Å²) in [5, 5.41) is 1.01. The molecule has 0 N–H and O–H groups in total. The van der Waals surface area contributed by atoms with Gasteiger partial charge in [-0.1, -0.05) is 11.8 Å². The minimum Gasteiger partial charge on any atom is -0.321 e. The first kappa shape index (κ1) is 16.8. The Morgan fingerprint density at radius 3 is 2.76 bits per heavy atom. The fourth-order valence-electron chi connectivity index (χ4n) is 2.56. The lowest BCUT2D eigenvalue weighted by atomic mass is 10.0. The van der Waals surface area contributed by atoms with Crippen molar-refractivity contribution in [3.8, 4) is 0 Å². The molecule has 1 aromatic rings. The first-order valence-electron chi connectivity index (χ1n) is 7.29. The number of hydrogen-bond donors (Lipinski definition) is 0. The Bertz CT molecular complexity index is 575. The van der Waals surface area contributed by atoms with Gasteiger partial charge in [0.2, 0.25) is 10.0 Å². The van der Waals surface area contributed by atoms with Crippen LogP contribution in [0.15, 0.2) is 17.6 Å². The first-order chi connectivity index (χ1) is 9.68. The molecule has 1 atom stereocenters. The van der Waals surface area contributed by atoms with Crippen LogP contribution in [0, 0.1) is 5.92 Å². The molecule has 2 rings (SSSR count).